The van der Waals surface area contributed by atoms with Gasteiger partial charge in [-0.15, -0.1) is 0 Å². The second kappa shape index (κ2) is 17.8. The molecule has 0 bridgehead atoms. The van der Waals surface area contributed by atoms with Gasteiger partial charge in [0.05, 0.1) is 13.0 Å². The van der Waals surface area contributed by atoms with E-state index < -0.39 is 18.2 Å². The number of unbranched alkanes of at least 4 members (excludes halogenated alkanes) is 1. The number of hydrogen-bond acceptors (Lipinski definition) is 5. The molecule has 1 aliphatic heterocycles. The van der Waals surface area contributed by atoms with E-state index in [2.05, 4.69) is 20.9 Å². The molecule has 0 fully saturated rings. The van der Waals surface area contributed by atoms with Crippen LogP contribution in [0.3, 0.4) is 0 Å². The second-order valence-electron chi connectivity index (χ2n) is 13.1. The monoisotopic (exact) mass is 699 g/mol. The summed E-state index contributed by atoms with van der Waals surface area (Å²) in [5.74, 6) is -0.823. The van der Waals surface area contributed by atoms with Crippen LogP contribution in [0.25, 0.3) is 10.9 Å². The van der Waals surface area contributed by atoms with Gasteiger partial charge in [-0.3, -0.25) is 14.4 Å². The molecule has 52 heavy (non-hydrogen) atoms. The second-order valence-corrected chi connectivity index (χ2v) is 13.1. The molecule has 10 heteroatoms. The number of benzene rings is 4. The molecule has 0 saturated heterocycles. The highest BCUT2D eigenvalue weighted by Gasteiger charge is 2.38. The number of alkyl carbamates (subject to hydrolysis) is 1. The molecule has 4 amide bonds. The fourth-order valence-electron chi connectivity index (χ4n) is 6.72. The third-order valence-electron chi connectivity index (χ3n) is 9.38. The van der Waals surface area contributed by atoms with Crippen molar-refractivity contribution in [1.29, 1.82) is 0 Å². The summed E-state index contributed by atoms with van der Waals surface area (Å²) < 4.78 is 5.33. The Labute approximate surface area is 303 Å². The molecule has 0 saturated carbocycles. The van der Waals surface area contributed by atoms with Crippen molar-refractivity contribution in [2.75, 3.05) is 13.1 Å². The first kappa shape index (κ1) is 35.9. The van der Waals surface area contributed by atoms with E-state index in [4.69, 9.17) is 4.74 Å². The number of ether oxygens (including phenoxy) is 1. The Kier molecular flexibility index (Phi) is 12.3. The van der Waals surface area contributed by atoms with Crippen LogP contribution in [-0.2, 0) is 51.5 Å². The number of carbonyl (C=O) groups excluding carboxylic acids is 4. The van der Waals surface area contributed by atoms with Crippen molar-refractivity contribution in [2.24, 2.45) is 0 Å². The SMILES string of the molecule is O=C(Cc1ccccc1)N[C@@H]1Cc2c([nH]c3ccccc23)CN([C@@H](CCCCNC(=O)OCc2ccccc2)C(=O)NCCc2ccccc2)C1=O. The zero-order valence-electron chi connectivity index (χ0n) is 29.2. The Hall–Kier alpha value is -5.90. The maximum absolute atomic E-state index is 14.5. The summed E-state index contributed by atoms with van der Waals surface area (Å²) >= 11 is 0. The van der Waals surface area contributed by atoms with E-state index in [9.17, 15) is 19.2 Å². The minimum atomic E-state index is -0.864. The van der Waals surface area contributed by atoms with Gasteiger partial charge in [-0.1, -0.05) is 109 Å². The number of H-pyrrole nitrogens is 1. The number of carbonyl (C=O) groups is 4. The van der Waals surface area contributed by atoms with Crippen LogP contribution in [0, 0.1) is 0 Å². The highest BCUT2D eigenvalue weighted by atomic mass is 16.5. The first-order chi connectivity index (χ1) is 25.4. The normalized spacial score (nSPS) is 14.6. The Bertz CT molecular complexity index is 1950. The summed E-state index contributed by atoms with van der Waals surface area (Å²) in [6.07, 6.45) is 2.07. The van der Waals surface area contributed by atoms with Gasteiger partial charge in [0.1, 0.15) is 18.7 Å². The quantitative estimate of drug-likeness (QED) is 0.106. The molecule has 0 unspecified atom stereocenters. The smallest absolute Gasteiger partial charge is 0.407 e. The van der Waals surface area contributed by atoms with Crippen LogP contribution in [0.4, 0.5) is 4.79 Å². The van der Waals surface area contributed by atoms with Crippen molar-refractivity contribution in [2.45, 2.75) is 63.8 Å². The minimum absolute atomic E-state index is 0.134. The van der Waals surface area contributed by atoms with E-state index in [0.29, 0.717) is 45.2 Å². The summed E-state index contributed by atoms with van der Waals surface area (Å²) in [4.78, 5) is 59.3. The number of rotatable bonds is 15. The molecule has 0 aliphatic carbocycles. The predicted molar refractivity (Wildman–Crippen MR) is 200 cm³/mol. The number of aromatic nitrogens is 1. The fraction of sp³-hybridized carbons (Fsp3) is 0.286. The molecule has 4 aromatic carbocycles. The third-order valence-corrected chi connectivity index (χ3v) is 9.38. The van der Waals surface area contributed by atoms with E-state index in [-0.39, 0.29) is 37.3 Å². The Morgan fingerprint density at radius 1 is 0.769 bits per heavy atom. The van der Waals surface area contributed by atoms with Gasteiger partial charge in [-0.2, -0.15) is 0 Å². The van der Waals surface area contributed by atoms with Gasteiger partial charge >= 0.3 is 6.09 Å². The lowest BCUT2D eigenvalue weighted by Crippen LogP contribution is -2.55. The molecule has 10 nitrogen and oxygen atoms in total. The van der Waals surface area contributed by atoms with E-state index in [0.717, 1.165) is 38.9 Å². The van der Waals surface area contributed by atoms with Gasteiger partial charge in [0, 0.05) is 36.1 Å². The van der Waals surface area contributed by atoms with Crippen LogP contribution in [-0.4, -0.2) is 58.9 Å². The summed E-state index contributed by atoms with van der Waals surface area (Å²) in [5.41, 5.74) is 5.58. The zero-order chi connectivity index (χ0) is 36.1. The summed E-state index contributed by atoms with van der Waals surface area (Å²) in [6.45, 7) is 1.13. The Balaban J connectivity index is 1.18. The van der Waals surface area contributed by atoms with Crippen molar-refractivity contribution in [3.63, 3.8) is 0 Å². The van der Waals surface area contributed by atoms with Gasteiger partial charge in [0.2, 0.25) is 17.7 Å². The molecule has 1 aromatic heterocycles. The van der Waals surface area contributed by atoms with Crippen LogP contribution >= 0.6 is 0 Å². The Morgan fingerprint density at radius 2 is 1.42 bits per heavy atom. The fourth-order valence-corrected chi connectivity index (χ4v) is 6.72. The largest absolute Gasteiger partial charge is 0.445 e. The number of fused-ring (bicyclic) bond motifs is 3. The maximum Gasteiger partial charge on any atom is 0.407 e. The van der Waals surface area contributed by atoms with Gasteiger partial charge < -0.3 is 30.6 Å². The summed E-state index contributed by atoms with van der Waals surface area (Å²) in [5, 5.41) is 9.87. The van der Waals surface area contributed by atoms with E-state index in [1.54, 1.807) is 4.90 Å². The van der Waals surface area contributed by atoms with E-state index in [1.165, 1.54) is 0 Å². The van der Waals surface area contributed by atoms with Crippen molar-refractivity contribution in [1.82, 2.24) is 25.8 Å². The predicted octanol–water partition coefficient (Wildman–Crippen LogP) is 5.60. The first-order valence-electron chi connectivity index (χ1n) is 17.9. The molecular formula is C42H45N5O5. The number of amides is 4. The van der Waals surface area contributed by atoms with Gasteiger partial charge in [-0.25, -0.2) is 4.79 Å². The molecular weight excluding hydrogens is 654 g/mol. The third kappa shape index (κ3) is 9.66. The molecule has 1 aliphatic rings. The number of hydrogen-bond donors (Lipinski definition) is 4. The zero-order valence-corrected chi connectivity index (χ0v) is 29.2. The summed E-state index contributed by atoms with van der Waals surface area (Å²) in [7, 11) is 0. The number of para-hydroxylation sites is 1. The molecule has 6 rings (SSSR count). The number of aromatic amines is 1. The van der Waals surface area contributed by atoms with Crippen molar-refractivity contribution in [3.05, 3.63) is 143 Å². The maximum atomic E-state index is 14.5. The highest BCUT2D eigenvalue weighted by molar-refractivity contribution is 5.94. The van der Waals surface area contributed by atoms with Gasteiger partial charge in [0.25, 0.3) is 0 Å². The van der Waals surface area contributed by atoms with Crippen LogP contribution in [0.1, 0.15) is 47.2 Å². The van der Waals surface area contributed by atoms with E-state index >= 15 is 0 Å². The van der Waals surface area contributed by atoms with E-state index in [1.807, 2.05) is 115 Å². The Morgan fingerprint density at radius 3 is 2.15 bits per heavy atom. The van der Waals surface area contributed by atoms with Crippen LogP contribution in [0.2, 0.25) is 0 Å². The number of nitrogens with zero attached hydrogens (tertiary/aromatic N) is 1. The number of nitrogens with one attached hydrogen (secondary N) is 4. The topological polar surface area (TPSA) is 133 Å². The van der Waals surface area contributed by atoms with Gasteiger partial charge in [-0.05, 0) is 54.0 Å². The molecule has 0 spiro atoms. The summed E-state index contributed by atoms with van der Waals surface area (Å²) in [6, 6.07) is 35.0. The molecule has 0 radical (unpaired) electrons. The van der Waals surface area contributed by atoms with Crippen molar-refractivity contribution in [3.8, 4) is 0 Å². The lowest BCUT2D eigenvalue weighted by Gasteiger charge is -2.32. The molecule has 2 heterocycles. The molecule has 5 aromatic rings. The van der Waals surface area contributed by atoms with Crippen molar-refractivity contribution >= 4 is 34.7 Å². The average molecular weight is 700 g/mol. The average Bonchev–Trinajstić information content (AvgIpc) is 3.45. The van der Waals surface area contributed by atoms with Gasteiger partial charge in [0.15, 0.2) is 0 Å². The molecule has 2 atom stereocenters. The minimum Gasteiger partial charge on any atom is -0.445 e. The van der Waals surface area contributed by atoms with Crippen LogP contribution in [0.5, 0.6) is 0 Å². The lowest BCUT2D eigenvalue weighted by atomic mass is 10.0. The van der Waals surface area contributed by atoms with Crippen LogP contribution < -0.4 is 16.0 Å². The van der Waals surface area contributed by atoms with Crippen LogP contribution in [0.15, 0.2) is 115 Å². The molecule has 4 N–H and O–H groups in total. The standard InChI is InChI=1S/C42H45N5O5/c48-39(26-31-16-6-2-7-17-31)46-36-27-34-33-20-10-11-21-35(33)45-37(34)28-47(41(36)50)38(40(49)43-25-23-30-14-4-1-5-15-30)22-12-13-24-44-42(51)52-29-32-18-8-3-9-19-32/h1-11,14-21,36,38,45H,12-13,22-29H2,(H,43,49)(H,44,51)(H,46,48)/t36-,38+/m1/s1. The van der Waals surface area contributed by atoms with Crippen molar-refractivity contribution < 1.29 is 23.9 Å². The molecule has 268 valence electrons. The lowest BCUT2D eigenvalue weighted by molar-refractivity contribution is -0.144. The first-order valence-corrected chi connectivity index (χ1v) is 17.9. The highest BCUT2D eigenvalue weighted by Crippen LogP contribution is 2.29.